The molecule has 6 heteroatoms. The second kappa shape index (κ2) is 6.26. The van der Waals surface area contributed by atoms with Crippen molar-refractivity contribution in [1.82, 2.24) is 5.32 Å². The number of carbonyl (C=O) groups excluding carboxylic acids is 1. The zero-order chi connectivity index (χ0) is 14.6. The first kappa shape index (κ1) is 15.1. The van der Waals surface area contributed by atoms with Crippen molar-refractivity contribution in [3.05, 3.63) is 39.2 Å². The SMILES string of the molecule is CCC(CC)NC(=O)c1cc([N+](=O)[O-])cc(C)c1F. The van der Waals surface area contributed by atoms with Gasteiger partial charge >= 0.3 is 0 Å². The number of nitro benzene ring substituents is 1. The fourth-order valence-electron chi connectivity index (χ4n) is 1.78. The molecule has 0 fully saturated rings. The maximum absolute atomic E-state index is 13.9. The van der Waals surface area contributed by atoms with Crippen molar-refractivity contribution < 1.29 is 14.1 Å². The molecular formula is C13H17FN2O3. The van der Waals surface area contributed by atoms with Gasteiger partial charge in [0.1, 0.15) is 5.82 Å². The molecule has 0 aliphatic heterocycles. The van der Waals surface area contributed by atoms with Gasteiger partial charge < -0.3 is 5.32 Å². The average Bonchev–Trinajstić information content (AvgIpc) is 2.38. The van der Waals surface area contributed by atoms with Crippen molar-refractivity contribution in [3.8, 4) is 0 Å². The van der Waals surface area contributed by atoms with Crippen molar-refractivity contribution in [2.45, 2.75) is 39.7 Å². The van der Waals surface area contributed by atoms with Gasteiger partial charge in [-0.25, -0.2) is 4.39 Å². The minimum atomic E-state index is -0.714. The minimum absolute atomic E-state index is 0.0635. The van der Waals surface area contributed by atoms with Crippen molar-refractivity contribution >= 4 is 11.6 Å². The third-order valence-corrected chi connectivity index (χ3v) is 3.02. The number of halogens is 1. The van der Waals surface area contributed by atoms with Crippen molar-refractivity contribution in [1.29, 1.82) is 0 Å². The molecule has 1 rings (SSSR count). The first-order valence-electron chi connectivity index (χ1n) is 6.16. The molecule has 0 spiro atoms. The van der Waals surface area contributed by atoms with Gasteiger partial charge in [-0.3, -0.25) is 14.9 Å². The van der Waals surface area contributed by atoms with Crippen LogP contribution in [-0.2, 0) is 0 Å². The first-order chi connectivity index (χ1) is 8.90. The summed E-state index contributed by atoms with van der Waals surface area (Å²) in [7, 11) is 0. The third-order valence-electron chi connectivity index (χ3n) is 3.02. The number of hydrogen-bond acceptors (Lipinski definition) is 3. The van der Waals surface area contributed by atoms with Crippen LogP contribution in [-0.4, -0.2) is 16.9 Å². The predicted octanol–water partition coefficient (Wildman–Crippen LogP) is 2.96. The lowest BCUT2D eigenvalue weighted by molar-refractivity contribution is -0.385. The molecule has 1 N–H and O–H groups in total. The fraction of sp³-hybridized carbons (Fsp3) is 0.462. The van der Waals surface area contributed by atoms with E-state index < -0.39 is 16.6 Å². The summed E-state index contributed by atoms with van der Waals surface area (Å²) >= 11 is 0. The highest BCUT2D eigenvalue weighted by Gasteiger charge is 2.20. The van der Waals surface area contributed by atoms with Crippen LogP contribution in [0.15, 0.2) is 12.1 Å². The number of nitrogens with zero attached hydrogens (tertiary/aromatic N) is 1. The van der Waals surface area contributed by atoms with E-state index in [1.54, 1.807) is 0 Å². The lowest BCUT2D eigenvalue weighted by Gasteiger charge is -2.15. The van der Waals surface area contributed by atoms with Gasteiger partial charge in [0.25, 0.3) is 11.6 Å². The zero-order valence-corrected chi connectivity index (χ0v) is 11.2. The second-order valence-electron chi connectivity index (χ2n) is 4.37. The molecule has 0 aliphatic rings. The number of hydrogen-bond donors (Lipinski definition) is 1. The molecule has 19 heavy (non-hydrogen) atoms. The number of nitro groups is 1. The Balaban J connectivity index is 3.11. The monoisotopic (exact) mass is 268 g/mol. The minimum Gasteiger partial charge on any atom is -0.349 e. The molecule has 1 aromatic rings. The smallest absolute Gasteiger partial charge is 0.270 e. The zero-order valence-electron chi connectivity index (χ0n) is 11.2. The van der Waals surface area contributed by atoms with E-state index in [1.165, 1.54) is 6.92 Å². The summed E-state index contributed by atoms with van der Waals surface area (Å²) in [6, 6.07) is 2.02. The number of aryl methyl sites for hydroxylation is 1. The Bertz CT molecular complexity index is 499. The van der Waals surface area contributed by atoms with Crippen LogP contribution in [0.1, 0.15) is 42.6 Å². The number of carbonyl (C=O) groups is 1. The summed E-state index contributed by atoms with van der Waals surface area (Å²) in [5, 5.41) is 13.4. The summed E-state index contributed by atoms with van der Waals surface area (Å²) in [5.74, 6) is -1.33. The molecule has 0 heterocycles. The van der Waals surface area contributed by atoms with E-state index in [0.29, 0.717) is 0 Å². The Morgan fingerprint density at radius 3 is 2.47 bits per heavy atom. The molecule has 104 valence electrons. The molecule has 1 aromatic carbocycles. The lowest BCUT2D eigenvalue weighted by atomic mass is 10.1. The van der Waals surface area contributed by atoms with Gasteiger partial charge in [0, 0.05) is 18.2 Å². The highest BCUT2D eigenvalue weighted by molar-refractivity contribution is 5.95. The molecule has 0 saturated carbocycles. The standard InChI is InChI=1S/C13H17FN2O3/c1-4-9(5-2)15-13(17)11-7-10(16(18)19)6-8(3)12(11)14/h6-7,9H,4-5H2,1-3H3,(H,15,17). The number of non-ortho nitro benzene ring substituents is 1. The van der Waals surface area contributed by atoms with E-state index in [9.17, 15) is 19.3 Å². The number of nitrogens with one attached hydrogen (secondary N) is 1. The van der Waals surface area contributed by atoms with Crippen LogP contribution in [0.25, 0.3) is 0 Å². The molecule has 0 aromatic heterocycles. The van der Waals surface area contributed by atoms with Crippen molar-refractivity contribution in [2.24, 2.45) is 0 Å². The van der Waals surface area contributed by atoms with E-state index in [2.05, 4.69) is 5.32 Å². The van der Waals surface area contributed by atoms with Gasteiger partial charge in [-0.2, -0.15) is 0 Å². The van der Waals surface area contributed by atoms with E-state index >= 15 is 0 Å². The fourth-order valence-corrected chi connectivity index (χ4v) is 1.78. The molecule has 0 saturated heterocycles. The van der Waals surface area contributed by atoms with Crippen LogP contribution < -0.4 is 5.32 Å². The van der Waals surface area contributed by atoms with E-state index in [0.717, 1.165) is 25.0 Å². The summed E-state index contributed by atoms with van der Waals surface area (Å²) in [6.07, 6.45) is 1.44. The van der Waals surface area contributed by atoms with Crippen LogP contribution in [0.2, 0.25) is 0 Å². The largest absolute Gasteiger partial charge is 0.349 e. The summed E-state index contributed by atoms with van der Waals surface area (Å²) in [4.78, 5) is 22.0. The molecule has 0 radical (unpaired) electrons. The molecule has 5 nitrogen and oxygen atoms in total. The maximum Gasteiger partial charge on any atom is 0.270 e. The van der Waals surface area contributed by atoms with Gasteiger partial charge in [0.05, 0.1) is 10.5 Å². The molecule has 1 amide bonds. The van der Waals surface area contributed by atoms with E-state index in [-0.39, 0.29) is 22.9 Å². The van der Waals surface area contributed by atoms with Gasteiger partial charge in [-0.15, -0.1) is 0 Å². The topological polar surface area (TPSA) is 72.2 Å². The third kappa shape index (κ3) is 3.49. The number of amides is 1. The summed E-state index contributed by atoms with van der Waals surface area (Å²) < 4.78 is 13.9. The quantitative estimate of drug-likeness (QED) is 0.659. The molecule has 0 atom stereocenters. The molecular weight excluding hydrogens is 251 g/mol. The summed E-state index contributed by atoms with van der Waals surface area (Å²) in [6.45, 7) is 5.21. The molecule has 0 unspecified atom stereocenters. The Hall–Kier alpha value is -1.98. The number of rotatable bonds is 5. The van der Waals surface area contributed by atoms with Gasteiger partial charge in [-0.1, -0.05) is 13.8 Å². The van der Waals surface area contributed by atoms with E-state index in [1.807, 2.05) is 13.8 Å². The Morgan fingerprint density at radius 1 is 1.42 bits per heavy atom. The molecule has 0 aliphatic carbocycles. The highest BCUT2D eigenvalue weighted by atomic mass is 19.1. The van der Waals surface area contributed by atoms with E-state index in [4.69, 9.17) is 0 Å². The second-order valence-corrected chi connectivity index (χ2v) is 4.37. The van der Waals surface area contributed by atoms with Gasteiger partial charge in [0.15, 0.2) is 0 Å². The van der Waals surface area contributed by atoms with Crippen LogP contribution in [0.3, 0.4) is 0 Å². The average molecular weight is 268 g/mol. The van der Waals surface area contributed by atoms with Crippen molar-refractivity contribution in [3.63, 3.8) is 0 Å². The molecule has 0 bridgehead atoms. The Kier molecular flexibility index (Phi) is 4.97. The normalized spacial score (nSPS) is 10.6. The van der Waals surface area contributed by atoms with Crippen LogP contribution in [0.4, 0.5) is 10.1 Å². The van der Waals surface area contributed by atoms with Gasteiger partial charge in [-0.05, 0) is 25.3 Å². The Morgan fingerprint density at radius 2 is 2.00 bits per heavy atom. The number of benzene rings is 1. The maximum atomic E-state index is 13.9. The van der Waals surface area contributed by atoms with Crippen LogP contribution in [0, 0.1) is 22.9 Å². The first-order valence-corrected chi connectivity index (χ1v) is 6.16. The van der Waals surface area contributed by atoms with Gasteiger partial charge in [0.2, 0.25) is 0 Å². The lowest BCUT2D eigenvalue weighted by Crippen LogP contribution is -2.34. The predicted molar refractivity (Wildman–Crippen MR) is 69.6 cm³/mol. The van der Waals surface area contributed by atoms with Crippen LogP contribution in [0.5, 0.6) is 0 Å². The summed E-state index contributed by atoms with van der Waals surface area (Å²) in [5.41, 5.74) is -0.476. The van der Waals surface area contributed by atoms with Crippen LogP contribution >= 0.6 is 0 Å². The van der Waals surface area contributed by atoms with Crippen molar-refractivity contribution in [2.75, 3.05) is 0 Å². The Labute approximate surface area is 111 Å². The highest BCUT2D eigenvalue weighted by Crippen LogP contribution is 2.21.